The average molecular weight is 350 g/mol. The van der Waals surface area contributed by atoms with Crippen LogP contribution < -0.4 is 22.1 Å². The molecule has 3 rings (SSSR count). The lowest BCUT2D eigenvalue weighted by molar-refractivity contribution is 0.461. The van der Waals surface area contributed by atoms with Crippen LogP contribution in [0.25, 0.3) is 10.2 Å². The first-order valence-electron chi connectivity index (χ1n) is 8.62. The Morgan fingerprint density at radius 2 is 2.00 bits per heavy atom. The van der Waals surface area contributed by atoms with E-state index < -0.39 is 0 Å². The van der Waals surface area contributed by atoms with Crippen molar-refractivity contribution in [3.63, 3.8) is 0 Å². The van der Waals surface area contributed by atoms with Crippen LogP contribution in [-0.2, 0) is 18.6 Å². The van der Waals surface area contributed by atoms with Gasteiger partial charge in [-0.25, -0.2) is 4.79 Å². The highest BCUT2D eigenvalue weighted by Gasteiger charge is 2.42. The van der Waals surface area contributed by atoms with Gasteiger partial charge in [-0.3, -0.25) is 24.8 Å². The molecule has 6 nitrogen and oxygen atoms in total. The molecule has 7 heteroatoms. The summed E-state index contributed by atoms with van der Waals surface area (Å²) < 4.78 is 3.34. The number of rotatable bonds is 7. The molecule has 2 aromatic heterocycles. The second-order valence-corrected chi connectivity index (χ2v) is 7.94. The van der Waals surface area contributed by atoms with Gasteiger partial charge in [-0.2, -0.15) is 0 Å². The molecule has 2 N–H and O–H groups in total. The van der Waals surface area contributed by atoms with Crippen molar-refractivity contribution in [2.45, 2.75) is 65.1 Å². The lowest BCUT2D eigenvalue weighted by Crippen LogP contribution is -2.44. The number of nitrogens with one attached hydrogen (secondary N) is 2. The molecular weight excluding hydrogens is 324 g/mol. The van der Waals surface area contributed by atoms with Crippen molar-refractivity contribution in [1.82, 2.24) is 20.0 Å². The predicted octanol–water partition coefficient (Wildman–Crippen LogP) is 2.07. The van der Waals surface area contributed by atoms with Crippen LogP contribution in [0.2, 0.25) is 0 Å². The van der Waals surface area contributed by atoms with E-state index in [4.69, 9.17) is 0 Å². The van der Waals surface area contributed by atoms with Crippen molar-refractivity contribution in [3.05, 3.63) is 31.3 Å². The number of aryl methyl sites for hydroxylation is 2. The monoisotopic (exact) mass is 350 g/mol. The molecule has 1 fully saturated rings. The van der Waals surface area contributed by atoms with Gasteiger partial charge in [-0.15, -0.1) is 11.3 Å². The first kappa shape index (κ1) is 17.4. The highest BCUT2D eigenvalue weighted by atomic mass is 32.1. The van der Waals surface area contributed by atoms with Crippen LogP contribution >= 0.6 is 11.3 Å². The first-order chi connectivity index (χ1) is 11.4. The summed E-state index contributed by atoms with van der Waals surface area (Å²) in [5.41, 5.74) is 6.43. The Morgan fingerprint density at radius 3 is 2.58 bits per heavy atom. The van der Waals surface area contributed by atoms with Crippen LogP contribution in [0.15, 0.2) is 9.59 Å². The lowest BCUT2D eigenvalue weighted by atomic mass is 10.2. The molecule has 132 valence electrons. The van der Waals surface area contributed by atoms with Crippen LogP contribution in [0.3, 0.4) is 0 Å². The summed E-state index contributed by atoms with van der Waals surface area (Å²) >= 11 is 1.56. The summed E-state index contributed by atoms with van der Waals surface area (Å²) in [6.07, 6.45) is 3.76. The number of nitrogens with zero attached hydrogens (tertiary/aromatic N) is 2. The fourth-order valence-electron chi connectivity index (χ4n) is 3.12. The van der Waals surface area contributed by atoms with E-state index in [2.05, 4.69) is 17.8 Å². The molecule has 1 saturated carbocycles. The van der Waals surface area contributed by atoms with Gasteiger partial charge in [-0.1, -0.05) is 13.3 Å². The van der Waals surface area contributed by atoms with Crippen molar-refractivity contribution < 1.29 is 0 Å². The summed E-state index contributed by atoms with van der Waals surface area (Å²) in [6.45, 7) is 7.42. The topological polar surface area (TPSA) is 68.1 Å². The van der Waals surface area contributed by atoms with Gasteiger partial charge < -0.3 is 0 Å². The molecule has 0 spiro atoms. The third kappa shape index (κ3) is 2.74. The smallest absolute Gasteiger partial charge is 0.284 e. The maximum atomic E-state index is 13.1. The van der Waals surface area contributed by atoms with Crippen molar-refractivity contribution in [3.8, 4) is 0 Å². The molecular formula is C17H26N4O2S. The SMILES string of the molecule is CCCCn1c(=O)n(C2(C)CC2)c(=O)c2c(C)c(CNNC)sc21. The quantitative estimate of drug-likeness (QED) is 0.750. The standard InChI is InChI=1S/C17H26N4O2S/c1-5-6-9-20-15-13(11(2)12(24-15)10-19-18-4)14(22)21(16(20)23)17(3)7-8-17/h18-19H,5-10H2,1-4H3. The Morgan fingerprint density at radius 1 is 1.29 bits per heavy atom. The molecule has 0 aromatic carbocycles. The molecule has 24 heavy (non-hydrogen) atoms. The summed E-state index contributed by atoms with van der Waals surface area (Å²) in [5.74, 6) is 0. The molecule has 0 atom stereocenters. The summed E-state index contributed by atoms with van der Waals surface area (Å²) in [6, 6.07) is 0. The zero-order chi connectivity index (χ0) is 17.5. The fraction of sp³-hybridized carbons (Fsp3) is 0.647. The van der Waals surface area contributed by atoms with Gasteiger partial charge in [-0.05, 0) is 45.7 Å². The van der Waals surface area contributed by atoms with Gasteiger partial charge in [0.2, 0.25) is 0 Å². The normalized spacial score (nSPS) is 16.0. The highest BCUT2D eigenvalue weighted by molar-refractivity contribution is 7.18. The Balaban J connectivity index is 2.29. The van der Waals surface area contributed by atoms with E-state index >= 15 is 0 Å². The third-order valence-electron chi connectivity index (χ3n) is 4.99. The Labute approximate surface area is 145 Å². The minimum Gasteiger partial charge on any atom is -0.284 e. The highest BCUT2D eigenvalue weighted by Crippen LogP contribution is 2.41. The zero-order valence-corrected chi connectivity index (χ0v) is 15.7. The van der Waals surface area contributed by atoms with E-state index in [0.29, 0.717) is 13.1 Å². The van der Waals surface area contributed by atoms with Crippen LogP contribution in [-0.4, -0.2) is 16.2 Å². The second kappa shape index (κ2) is 6.46. The van der Waals surface area contributed by atoms with Crippen LogP contribution in [0.1, 0.15) is 50.0 Å². The van der Waals surface area contributed by atoms with Crippen molar-refractivity contribution in [2.75, 3.05) is 7.05 Å². The van der Waals surface area contributed by atoms with Gasteiger partial charge in [0.05, 0.1) is 10.9 Å². The maximum absolute atomic E-state index is 13.1. The zero-order valence-electron chi connectivity index (χ0n) is 14.9. The molecule has 0 radical (unpaired) electrons. The number of hydrazine groups is 1. The van der Waals surface area contributed by atoms with E-state index in [9.17, 15) is 9.59 Å². The molecule has 2 heterocycles. The molecule has 0 saturated heterocycles. The van der Waals surface area contributed by atoms with E-state index in [1.54, 1.807) is 11.3 Å². The first-order valence-corrected chi connectivity index (χ1v) is 9.44. The minimum absolute atomic E-state index is 0.118. The van der Waals surface area contributed by atoms with Gasteiger partial charge in [0.15, 0.2) is 0 Å². The number of thiophene rings is 1. The van der Waals surface area contributed by atoms with Crippen LogP contribution in [0.4, 0.5) is 0 Å². The van der Waals surface area contributed by atoms with E-state index in [1.165, 1.54) is 4.57 Å². The van der Waals surface area contributed by atoms with Crippen molar-refractivity contribution in [1.29, 1.82) is 0 Å². The fourth-order valence-corrected chi connectivity index (χ4v) is 4.38. The summed E-state index contributed by atoms with van der Waals surface area (Å²) in [5, 5.41) is 0.719. The lowest BCUT2D eigenvalue weighted by Gasteiger charge is -2.16. The van der Waals surface area contributed by atoms with Gasteiger partial charge >= 0.3 is 5.69 Å². The predicted molar refractivity (Wildman–Crippen MR) is 98.8 cm³/mol. The van der Waals surface area contributed by atoms with E-state index in [0.717, 1.165) is 46.3 Å². The van der Waals surface area contributed by atoms with Gasteiger partial charge in [0.1, 0.15) is 4.83 Å². The summed E-state index contributed by atoms with van der Waals surface area (Å²) in [7, 11) is 1.82. The molecule has 1 aliphatic carbocycles. The van der Waals surface area contributed by atoms with E-state index in [-0.39, 0.29) is 16.8 Å². The molecule has 0 bridgehead atoms. The average Bonchev–Trinajstić information content (AvgIpc) is 3.19. The van der Waals surface area contributed by atoms with Crippen LogP contribution in [0.5, 0.6) is 0 Å². The van der Waals surface area contributed by atoms with E-state index in [1.807, 2.05) is 25.5 Å². The third-order valence-corrected chi connectivity index (χ3v) is 6.30. The number of fused-ring (bicyclic) bond motifs is 1. The molecule has 2 aromatic rings. The minimum atomic E-state index is -0.298. The second-order valence-electron chi connectivity index (χ2n) is 6.86. The molecule has 0 aliphatic heterocycles. The Kier molecular flexibility index (Phi) is 4.68. The number of aromatic nitrogens is 2. The van der Waals surface area contributed by atoms with Gasteiger partial charge in [0.25, 0.3) is 5.56 Å². The van der Waals surface area contributed by atoms with Crippen LogP contribution in [0, 0.1) is 6.92 Å². The Hall–Kier alpha value is -1.44. The Bertz CT molecular complexity index is 873. The molecule has 1 aliphatic rings. The number of hydrogen-bond donors (Lipinski definition) is 2. The van der Waals surface area contributed by atoms with Crippen molar-refractivity contribution in [2.24, 2.45) is 0 Å². The summed E-state index contributed by atoms with van der Waals surface area (Å²) in [4.78, 5) is 28.0. The molecule has 0 amide bonds. The molecule has 0 unspecified atom stereocenters. The number of unbranched alkanes of at least 4 members (excludes halogenated alkanes) is 1. The van der Waals surface area contributed by atoms with Crippen molar-refractivity contribution >= 4 is 21.6 Å². The maximum Gasteiger partial charge on any atom is 0.332 e. The van der Waals surface area contributed by atoms with Gasteiger partial charge in [0, 0.05) is 18.0 Å². The largest absolute Gasteiger partial charge is 0.332 e. The number of hydrogen-bond acceptors (Lipinski definition) is 5.